The van der Waals surface area contributed by atoms with Crippen molar-refractivity contribution >= 4 is 17.3 Å². The molecule has 1 aromatic heterocycles. The molecule has 142 valence electrons. The molecular weight excluding hydrogens is 364 g/mol. The van der Waals surface area contributed by atoms with Gasteiger partial charge in [-0.3, -0.25) is 9.79 Å². The first-order valence-corrected chi connectivity index (χ1v) is 9.09. The fraction of sp³-hybridized carbons (Fsp3) is 0.130. The maximum atomic E-state index is 12.7. The fourth-order valence-corrected chi connectivity index (χ4v) is 3.32. The molecule has 2 heterocycles. The van der Waals surface area contributed by atoms with Gasteiger partial charge in [-0.1, -0.05) is 6.07 Å². The van der Waals surface area contributed by atoms with Crippen molar-refractivity contribution in [3.63, 3.8) is 0 Å². The number of carbonyl (C=O) groups is 1. The molecule has 0 fully saturated rings. The monoisotopic (exact) mass is 382 g/mol. The van der Waals surface area contributed by atoms with E-state index in [-0.39, 0.29) is 5.91 Å². The zero-order chi connectivity index (χ0) is 20.4. The van der Waals surface area contributed by atoms with Crippen LogP contribution in [-0.4, -0.2) is 23.7 Å². The van der Waals surface area contributed by atoms with E-state index < -0.39 is 0 Å². The normalized spacial score (nSPS) is 12.0. The molecule has 1 amide bonds. The van der Waals surface area contributed by atoms with E-state index in [0.717, 1.165) is 28.2 Å². The van der Waals surface area contributed by atoms with Gasteiger partial charge >= 0.3 is 0 Å². The van der Waals surface area contributed by atoms with Gasteiger partial charge in [-0.15, -0.1) is 0 Å². The van der Waals surface area contributed by atoms with Crippen molar-refractivity contribution in [1.82, 2.24) is 4.98 Å². The van der Waals surface area contributed by atoms with Gasteiger partial charge in [0.15, 0.2) is 0 Å². The molecule has 2 aromatic carbocycles. The summed E-state index contributed by atoms with van der Waals surface area (Å²) in [4.78, 5) is 21.4. The number of amides is 1. The van der Waals surface area contributed by atoms with Gasteiger partial charge in [0, 0.05) is 23.0 Å². The van der Waals surface area contributed by atoms with E-state index in [4.69, 9.17) is 10.00 Å². The Morgan fingerprint density at radius 3 is 2.66 bits per heavy atom. The van der Waals surface area contributed by atoms with Crippen LogP contribution in [-0.2, 0) is 6.54 Å². The molecule has 0 atom stereocenters. The van der Waals surface area contributed by atoms with Gasteiger partial charge in [0.25, 0.3) is 5.91 Å². The average Bonchev–Trinajstić information content (AvgIpc) is 3.16. The number of hydrogen-bond acceptors (Lipinski definition) is 5. The van der Waals surface area contributed by atoms with Crippen molar-refractivity contribution < 1.29 is 9.53 Å². The van der Waals surface area contributed by atoms with Crippen molar-refractivity contribution in [2.45, 2.75) is 13.5 Å². The van der Waals surface area contributed by atoms with Crippen molar-refractivity contribution in [2.75, 3.05) is 12.4 Å². The van der Waals surface area contributed by atoms with Gasteiger partial charge in [-0.25, -0.2) is 4.98 Å². The molecule has 6 nitrogen and oxygen atoms in total. The molecule has 6 heteroatoms. The van der Waals surface area contributed by atoms with Crippen LogP contribution in [0.3, 0.4) is 0 Å². The number of aliphatic imine (C=N–C) groups is 1. The molecule has 0 unspecified atom stereocenters. The smallest absolute Gasteiger partial charge is 0.274 e. The minimum Gasteiger partial charge on any atom is -0.497 e. The van der Waals surface area contributed by atoms with Crippen LogP contribution in [0.4, 0.5) is 5.69 Å². The largest absolute Gasteiger partial charge is 0.497 e. The third kappa shape index (κ3) is 3.58. The Hall–Kier alpha value is -3.98. The zero-order valence-corrected chi connectivity index (χ0v) is 16.1. The van der Waals surface area contributed by atoms with Crippen LogP contribution < -0.4 is 10.1 Å². The predicted octanol–water partition coefficient (Wildman–Crippen LogP) is 3.87. The Morgan fingerprint density at radius 2 is 1.97 bits per heavy atom. The van der Waals surface area contributed by atoms with E-state index in [1.807, 2.05) is 48.5 Å². The van der Waals surface area contributed by atoms with Crippen LogP contribution in [0, 0.1) is 18.3 Å². The Morgan fingerprint density at radius 1 is 1.17 bits per heavy atom. The number of hydrogen-bond donors (Lipinski definition) is 1. The molecular formula is C23H18N4O2. The van der Waals surface area contributed by atoms with Crippen LogP contribution in [0.5, 0.6) is 5.75 Å². The molecule has 0 spiro atoms. The number of fused-ring (bicyclic) bond motifs is 1. The maximum absolute atomic E-state index is 12.7. The minimum atomic E-state index is -0.312. The summed E-state index contributed by atoms with van der Waals surface area (Å²) in [5.41, 5.74) is 6.05. The first-order valence-electron chi connectivity index (χ1n) is 9.09. The number of aryl methyl sites for hydroxylation is 1. The lowest BCUT2D eigenvalue weighted by atomic mass is 9.99. The lowest BCUT2D eigenvalue weighted by Crippen LogP contribution is -2.16. The number of nitrogens with zero attached hydrogens (tertiary/aromatic N) is 3. The number of methoxy groups -OCH3 is 1. The molecule has 1 aliphatic heterocycles. The van der Waals surface area contributed by atoms with Crippen molar-refractivity contribution in [1.29, 1.82) is 5.26 Å². The second-order valence-electron chi connectivity index (χ2n) is 6.72. The number of nitriles is 1. The van der Waals surface area contributed by atoms with Crippen LogP contribution >= 0.6 is 0 Å². The average molecular weight is 382 g/mol. The first kappa shape index (κ1) is 18.4. The lowest BCUT2D eigenvalue weighted by Gasteiger charge is -2.10. The third-order valence-electron chi connectivity index (χ3n) is 4.82. The van der Waals surface area contributed by atoms with Crippen molar-refractivity contribution in [3.8, 4) is 11.8 Å². The number of aromatic nitrogens is 1. The van der Waals surface area contributed by atoms with Gasteiger partial charge in [0.1, 0.15) is 17.5 Å². The number of rotatable bonds is 4. The summed E-state index contributed by atoms with van der Waals surface area (Å²) in [5, 5.41) is 11.9. The maximum Gasteiger partial charge on any atom is 0.274 e. The quantitative estimate of drug-likeness (QED) is 0.742. The van der Waals surface area contributed by atoms with Crippen LogP contribution in [0.2, 0.25) is 0 Å². The SMILES string of the molecule is COc1ccc(C2=NCc3ccc(NC(=O)c4ncc(C#N)cc4C)cc32)cc1. The number of benzene rings is 2. The number of ether oxygens (including phenoxy) is 1. The number of anilines is 1. The van der Waals surface area contributed by atoms with Crippen LogP contribution in [0.1, 0.15) is 38.3 Å². The van der Waals surface area contributed by atoms with Gasteiger partial charge in [-0.2, -0.15) is 5.26 Å². The minimum absolute atomic E-state index is 0.300. The Kier molecular flexibility index (Phi) is 4.80. The topological polar surface area (TPSA) is 87.4 Å². The van der Waals surface area contributed by atoms with Gasteiger partial charge in [0.05, 0.1) is 24.9 Å². The fourth-order valence-electron chi connectivity index (χ4n) is 3.32. The zero-order valence-electron chi connectivity index (χ0n) is 16.1. The predicted molar refractivity (Wildman–Crippen MR) is 110 cm³/mol. The number of pyridine rings is 1. The summed E-state index contributed by atoms with van der Waals surface area (Å²) in [6.45, 7) is 2.38. The lowest BCUT2D eigenvalue weighted by molar-refractivity contribution is 0.102. The molecule has 1 N–H and O–H groups in total. The highest BCUT2D eigenvalue weighted by Gasteiger charge is 2.19. The van der Waals surface area contributed by atoms with Crippen LogP contribution in [0.15, 0.2) is 59.7 Å². The summed E-state index contributed by atoms with van der Waals surface area (Å²) in [5.74, 6) is 0.478. The standard InChI is InChI=1S/C23H18N4O2/c1-14-9-15(11-24)12-25-21(14)23(28)27-18-6-3-17-13-26-22(20(17)10-18)16-4-7-19(29-2)8-5-16/h3-10,12H,13H2,1-2H3,(H,27,28). The molecule has 3 aromatic rings. The molecule has 0 bridgehead atoms. The molecule has 0 saturated heterocycles. The molecule has 29 heavy (non-hydrogen) atoms. The summed E-state index contributed by atoms with van der Waals surface area (Å²) < 4.78 is 5.22. The second-order valence-corrected chi connectivity index (χ2v) is 6.72. The van der Waals surface area contributed by atoms with E-state index in [1.54, 1.807) is 20.1 Å². The van der Waals surface area contributed by atoms with Crippen LogP contribution in [0.25, 0.3) is 0 Å². The van der Waals surface area contributed by atoms with E-state index >= 15 is 0 Å². The van der Waals surface area contributed by atoms with E-state index in [9.17, 15) is 4.79 Å². The highest BCUT2D eigenvalue weighted by molar-refractivity contribution is 6.16. The number of carbonyl (C=O) groups excluding carboxylic acids is 1. The van der Waals surface area contributed by atoms with Gasteiger partial charge in [-0.05, 0) is 60.5 Å². The summed E-state index contributed by atoms with van der Waals surface area (Å²) in [7, 11) is 1.64. The Balaban J connectivity index is 1.59. The Labute approximate surface area is 168 Å². The van der Waals surface area contributed by atoms with E-state index in [2.05, 4.69) is 15.3 Å². The molecule has 0 aliphatic carbocycles. The van der Waals surface area contributed by atoms with Gasteiger partial charge < -0.3 is 10.1 Å². The summed E-state index contributed by atoms with van der Waals surface area (Å²) in [6, 6.07) is 17.2. The molecule has 0 saturated carbocycles. The summed E-state index contributed by atoms with van der Waals surface area (Å²) in [6.07, 6.45) is 1.40. The molecule has 4 rings (SSSR count). The van der Waals surface area contributed by atoms with Crippen molar-refractivity contribution in [2.24, 2.45) is 4.99 Å². The van der Waals surface area contributed by atoms with Gasteiger partial charge in [0.2, 0.25) is 0 Å². The highest BCUT2D eigenvalue weighted by Crippen LogP contribution is 2.27. The third-order valence-corrected chi connectivity index (χ3v) is 4.82. The Bertz CT molecular complexity index is 1170. The number of nitrogens with one attached hydrogen (secondary N) is 1. The first-order chi connectivity index (χ1) is 14.1. The molecule has 0 radical (unpaired) electrons. The van der Waals surface area contributed by atoms with E-state index in [1.165, 1.54) is 6.20 Å². The second kappa shape index (κ2) is 7.56. The summed E-state index contributed by atoms with van der Waals surface area (Å²) >= 11 is 0. The van der Waals surface area contributed by atoms with Crippen molar-refractivity contribution in [3.05, 3.63) is 88.2 Å². The highest BCUT2D eigenvalue weighted by atomic mass is 16.5. The van der Waals surface area contributed by atoms with E-state index in [0.29, 0.717) is 29.1 Å². The molecule has 1 aliphatic rings.